The van der Waals surface area contributed by atoms with Gasteiger partial charge in [-0.25, -0.2) is 4.98 Å². The number of benzene rings is 6. The van der Waals surface area contributed by atoms with E-state index in [1.54, 1.807) is 0 Å². The molecule has 9 aromatic rings. The van der Waals surface area contributed by atoms with Gasteiger partial charge in [0.15, 0.2) is 0 Å². The molecule has 328 valence electrons. The number of para-hydroxylation sites is 3. The fraction of sp³-hybridized carbons (Fsp3) is 0.276. The second-order valence-corrected chi connectivity index (χ2v) is 21.1. The minimum absolute atomic E-state index is 0. The van der Waals surface area contributed by atoms with Gasteiger partial charge >= 0.3 is 0 Å². The molecule has 0 saturated carbocycles. The van der Waals surface area contributed by atoms with E-state index in [-0.39, 0.29) is 42.7 Å². The molecule has 0 N–H and O–H groups in total. The summed E-state index contributed by atoms with van der Waals surface area (Å²) in [6.45, 7) is 27.4. The van der Waals surface area contributed by atoms with Gasteiger partial charge in [0.05, 0.1) is 16.7 Å². The molecule has 0 radical (unpaired) electrons. The van der Waals surface area contributed by atoms with E-state index in [9.17, 15) is 0 Å². The van der Waals surface area contributed by atoms with E-state index in [0.29, 0.717) is 11.5 Å². The van der Waals surface area contributed by atoms with E-state index in [1.165, 1.54) is 33.4 Å². The summed E-state index contributed by atoms with van der Waals surface area (Å²) in [4.78, 5) is 4.86. The first-order valence-corrected chi connectivity index (χ1v) is 22.1. The zero-order valence-electron chi connectivity index (χ0n) is 39.2. The van der Waals surface area contributed by atoms with Gasteiger partial charge in [-0.1, -0.05) is 167 Å². The van der Waals surface area contributed by atoms with E-state index in [1.807, 2.05) is 24.4 Å². The first-order chi connectivity index (χ1) is 29.8. The predicted molar refractivity (Wildman–Crippen MR) is 260 cm³/mol. The first kappa shape index (κ1) is 44.8. The molecule has 5 nitrogen and oxygen atoms in total. The van der Waals surface area contributed by atoms with Crippen molar-refractivity contribution >= 4 is 32.8 Å². The fourth-order valence-corrected chi connectivity index (χ4v) is 8.58. The van der Waals surface area contributed by atoms with Crippen LogP contribution in [0.1, 0.15) is 105 Å². The third-order valence-electron chi connectivity index (χ3n) is 12.2. The summed E-state index contributed by atoms with van der Waals surface area (Å²) >= 11 is 0. The molecule has 0 unspecified atom stereocenters. The van der Waals surface area contributed by atoms with Crippen LogP contribution in [0.4, 0.5) is 0 Å². The van der Waals surface area contributed by atoms with Gasteiger partial charge in [0.2, 0.25) is 0 Å². The number of rotatable bonds is 6. The second-order valence-electron chi connectivity index (χ2n) is 21.1. The van der Waals surface area contributed by atoms with Crippen LogP contribution in [0.3, 0.4) is 0 Å². The van der Waals surface area contributed by atoms with Crippen molar-refractivity contribution in [1.29, 1.82) is 0 Å². The van der Waals surface area contributed by atoms with Crippen LogP contribution in [-0.4, -0.2) is 14.1 Å². The van der Waals surface area contributed by atoms with Crippen molar-refractivity contribution in [2.24, 2.45) is 0 Å². The van der Waals surface area contributed by atoms with Crippen molar-refractivity contribution in [2.45, 2.75) is 105 Å². The van der Waals surface area contributed by atoms with Crippen molar-refractivity contribution in [1.82, 2.24) is 14.1 Å². The summed E-state index contributed by atoms with van der Waals surface area (Å²) in [6.07, 6.45) is 5.75. The fourth-order valence-electron chi connectivity index (χ4n) is 8.58. The quantitative estimate of drug-likeness (QED) is 0.123. The molecule has 0 amide bonds. The van der Waals surface area contributed by atoms with Crippen LogP contribution in [0, 0.1) is 18.5 Å². The number of ether oxygens (including phenoxy) is 1. The number of hydrogen-bond acceptors (Lipinski definition) is 2. The summed E-state index contributed by atoms with van der Waals surface area (Å²) in [5.74, 6) is 2.03. The molecule has 64 heavy (non-hydrogen) atoms. The molecule has 0 bridgehead atoms. The Balaban J connectivity index is 0.00000560. The second kappa shape index (κ2) is 16.3. The third-order valence-corrected chi connectivity index (χ3v) is 12.2. The van der Waals surface area contributed by atoms with Crippen molar-refractivity contribution in [3.63, 3.8) is 0 Å². The van der Waals surface area contributed by atoms with Crippen molar-refractivity contribution in [3.05, 3.63) is 174 Å². The van der Waals surface area contributed by atoms with E-state index in [2.05, 4.69) is 224 Å². The average Bonchev–Trinajstić information content (AvgIpc) is 3.78. The molecule has 0 saturated heterocycles. The number of hydrogen-bond donors (Lipinski definition) is 0. The van der Waals surface area contributed by atoms with Gasteiger partial charge in [-0.05, 0) is 84.3 Å². The van der Waals surface area contributed by atoms with Crippen LogP contribution in [-0.2, 0) is 42.7 Å². The maximum absolute atomic E-state index is 6.66. The van der Waals surface area contributed by atoms with Gasteiger partial charge < -0.3 is 13.9 Å². The van der Waals surface area contributed by atoms with Crippen molar-refractivity contribution < 1.29 is 30.4 Å². The Bertz CT molecular complexity index is 3190. The molecule has 0 spiro atoms. The summed E-state index contributed by atoms with van der Waals surface area (Å²) < 4.78 is 13.2. The molecule has 3 aromatic heterocycles. The molecule has 0 aliphatic heterocycles. The first-order valence-electron chi connectivity index (χ1n) is 22.1. The van der Waals surface area contributed by atoms with Gasteiger partial charge in [-0.15, -0.1) is 29.7 Å². The summed E-state index contributed by atoms with van der Waals surface area (Å²) in [5.41, 5.74) is 13.2. The number of pyridine rings is 1. The van der Waals surface area contributed by atoms with Crippen LogP contribution in [0.15, 0.2) is 134 Å². The van der Waals surface area contributed by atoms with Crippen LogP contribution < -0.4 is 9.30 Å². The minimum Gasteiger partial charge on any atom is -0.510 e. The number of fused-ring (bicyclic) bond motifs is 4. The smallest absolute Gasteiger partial charge is 0.268 e. The molecule has 0 aliphatic rings. The topological polar surface area (TPSA) is 35.9 Å². The zero-order valence-corrected chi connectivity index (χ0v) is 41.5. The molecular weight excluding hydrogens is 964 g/mol. The van der Waals surface area contributed by atoms with Crippen molar-refractivity contribution in [2.75, 3.05) is 0 Å². The SMILES string of the molecule is CC(C)(C)c1cccc(-c2cc(C(C)(C)C)cc(C(C)(C)C)c2-[n+]2[c-]n(-c3[c-]c(Oc4[c-]c5c(cc4)c4ccccc4n5-c4cc(C(C)(C)C)ccn4)ccc3)c3ccccc32)c1.[Pt]. The van der Waals surface area contributed by atoms with E-state index in [0.717, 1.165) is 50.0 Å². The maximum atomic E-state index is 6.66. The van der Waals surface area contributed by atoms with Gasteiger partial charge in [0.25, 0.3) is 6.33 Å². The Morgan fingerprint density at radius 3 is 1.92 bits per heavy atom. The Labute approximate surface area is 394 Å². The molecular formula is C58H58N4OPt-2. The molecule has 6 heteroatoms. The number of imidazole rings is 1. The van der Waals surface area contributed by atoms with Gasteiger partial charge in [-0.2, -0.15) is 18.2 Å². The Morgan fingerprint density at radius 1 is 0.547 bits per heavy atom. The molecule has 9 rings (SSSR count). The van der Waals surface area contributed by atoms with Crippen LogP contribution >= 0.6 is 0 Å². The Hall–Kier alpha value is -5.77. The monoisotopic (exact) mass is 1020 g/mol. The molecule has 0 atom stereocenters. The van der Waals surface area contributed by atoms with Gasteiger partial charge in [0.1, 0.15) is 5.82 Å². The Kier molecular flexibility index (Phi) is 11.4. The molecule has 6 aromatic carbocycles. The van der Waals surface area contributed by atoms with E-state index < -0.39 is 0 Å². The maximum Gasteiger partial charge on any atom is 0.268 e. The van der Waals surface area contributed by atoms with Crippen LogP contribution in [0.2, 0.25) is 0 Å². The van der Waals surface area contributed by atoms with Crippen molar-refractivity contribution in [3.8, 4) is 39.8 Å². The van der Waals surface area contributed by atoms with E-state index in [4.69, 9.17) is 9.72 Å². The van der Waals surface area contributed by atoms with E-state index >= 15 is 0 Å². The van der Waals surface area contributed by atoms with Gasteiger partial charge in [0, 0.05) is 44.3 Å². The normalized spacial score (nSPS) is 12.6. The largest absolute Gasteiger partial charge is 0.510 e. The average molecular weight is 1020 g/mol. The summed E-state index contributed by atoms with van der Waals surface area (Å²) in [7, 11) is 0. The van der Waals surface area contributed by atoms with Gasteiger partial charge in [-0.3, -0.25) is 4.57 Å². The minimum atomic E-state index is -0.175. The standard InChI is InChI=1S/C58H58N4O.Pt/c1-55(2,3)39-20-17-19-38(31-39)47-32-41(57(7,8)9)33-48(58(10,11)12)54(47)61-37-60(50-25-15-16-26-51(50)61)42-21-18-22-43(35-42)63-44-27-28-46-45-23-13-14-24-49(45)62(52(46)36-44)53-34-40(29-30-59-53)56(4,5)6;/h13-34H,1-12H3;/q-2;. The summed E-state index contributed by atoms with van der Waals surface area (Å²) in [6, 6.07) is 52.6. The molecule has 0 fully saturated rings. The van der Waals surface area contributed by atoms with Crippen LogP contribution in [0.5, 0.6) is 11.5 Å². The number of aromatic nitrogens is 4. The zero-order chi connectivity index (χ0) is 44.6. The number of nitrogens with zero attached hydrogens (tertiary/aromatic N) is 4. The van der Waals surface area contributed by atoms with Crippen LogP contribution in [0.25, 0.3) is 61.2 Å². The molecule has 3 heterocycles. The summed E-state index contributed by atoms with van der Waals surface area (Å²) in [5, 5.41) is 2.23. The molecule has 0 aliphatic carbocycles. The predicted octanol–water partition coefficient (Wildman–Crippen LogP) is 14.4. The Morgan fingerprint density at radius 2 is 1.20 bits per heavy atom. The third kappa shape index (κ3) is 8.36.